The third kappa shape index (κ3) is 5.58. The molecule has 9 heteroatoms. The molecule has 162 valence electrons. The van der Waals surface area contributed by atoms with Crippen molar-refractivity contribution in [2.24, 2.45) is 0 Å². The highest BCUT2D eigenvalue weighted by atomic mass is 32.2. The predicted octanol–water partition coefficient (Wildman–Crippen LogP) is 3.60. The number of carbonyl (C=O) groups excluding carboxylic acids is 1. The maximum Gasteiger partial charge on any atom is 0.255 e. The molecule has 1 amide bonds. The van der Waals surface area contributed by atoms with Crippen molar-refractivity contribution < 1.29 is 22.7 Å². The summed E-state index contributed by atoms with van der Waals surface area (Å²) in [6, 6.07) is 15.0. The summed E-state index contributed by atoms with van der Waals surface area (Å²) in [5.41, 5.74) is 2.16. The molecular weight excluding hydrogens is 418 g/mol. The van der Waals surface area contributed by atoms with Crippen LogP contribution in [0, 0.1) is 0 Å². The first kappa shape index (κ1) is 22.2. The van der Waals surface area contributed by atoms with Crippen LogP contribution in [-0.4, -0.2) is 44.0 Å². The fraction of sp³-hybridized carbons (Fsp3) is 0.227. The minimum Gasteiger partial charge on any atom is -0.490 e. The van der Waals surface area contributed by atoms with Crippen molar-refractivity contribution in [1.82, 2.24) is 10.2 Å². The Labute approximate surface area is 181 Å². The van der Waals surface area contributed by atoms with Gasteiger partial charge in [0.15, 0.2) is 26.4 Å². The quantitative estimate of drug-likeness (QED) is 0.569. The third-order valence-electron chi connectivity index (χ3n) is 4.24. The van der Waals surface area contributed by atoms with Crippen molar-refractivity contribution in [2.75, 3.05) is 24.8 Å². The van der Waals surface area contributed by atoms with E-state index in [0.29, 0.717) is 47.2 Å². The zero-order valence-corrected chi connectivity index (χ0v) is 18.3. The summed E-state index contributed by atoms with van der Waals surface area (Å²) in [6.07, 6.45) is 1.07. The van der Waals surface area contributed by atoms with Gasteiger partial charge < -0.3 is 14.8 Å². The minimum absolute atomic E-state index is 0.0960. The van der Waals surface area contributed by atoms with E-state index in [2.05, 4.69) is 15.5 Å². The Morgan fingerprint density at radius 1 is 0.935 bits per heavy atom. The van der Waals surface area contributed by atoms with E-state index in [4.69, 9.17) is 9.47 Å². The second-order valence-electron chi connectivity index (χ2n) is 6.59. The monoisotopic (exact) mass is 441 g/mol. The van der Waals surface area contributed by atoms with Crippen LogP contribution in [0.4, 0.5) is 5.69 Å². The van der Waals surface area contributed by atoms with Gasteiger partial charge in [0.05, 0.1) is 18.9 Å². The van der Waals surface area contributed by atoms with E-state index >= 15 is 0 Å². The Hall–Kier alpha value is -3.46. The Kier molecular flexibility index (Phi) is 6.86. The molecule has 3 aromatic rings. The fourth-order valence-electron chi connectivity index (χ4n) is 2.82. The SMILES string of the molecule is CCOc1ccc(C(=O)Nc2cccc(-c3ccc(S(C)(=O)=O)nn3)c2)cc1OCC. The molecule has 3 rings (SSSR count). The molecule has 0 aliphatic carbocycles. The number of ether oxygens (including phenoxy) is 2. The lowest BCUT2D eigenvalue weighted by Crippen LogP contribution is -2.12. The van der Waals surface area contributed by atoms with Gasteiger partial charge in [0.1, 0.15) is 0 Å². The standard InChI is InChI=1S/C22H23N3O5S/c1-4-29-19-11-9-16(14-20(19)30-5-2)22(26)23-17-8-6-7-15(13-17)18-10-12-21(25-24-18)31(3,27)28/h6-14H,4-5H2,1-3H3,(H,23,26). The third-order valence-corrected chi connectivity index (χ3v) is 5.22. The van der Waals surface area contributed by atoms with Gasteiger partial charge in [-0.15, -0.1) is 10.2 Å². The zero-order valence-electron chi connectivity index (χ0n) is 17.5. The molecule has 0 atom stereocenters. The van der Waals surface area contributed by atoms with Crippen molar-refractivity contribution in [3.8, 4) is 22.8 Å². The van der Waals surface area contributed by atoms with Gasteiger partial charge in [-0.1, -0.05) is 12.1 Å². The molecule has 1 heterocycles. The van der Waals surface area contributed by atoms with Crippen molar-refractivity contribution in [3.05, 3.63) is 60.2 Å². The molecule has 1 N–H and O–H groups in total. The molecule has 0 radical (unpaired) electrons. The normalized spacial score (nSPS) is 11.1. The highest BCUT2D eigenvalue weighted by Gasteiger charge is 2.13. The van der Waals surface area contributed by atoms with Crippen LogP contribution in [0.1, 0.15) is 24.2 Å². The molecule has 1 aromatic heterocycles. The van der Waals surface area contributed by atoms with Crippen LogP contribution < -0.4 is 14.8 Å². The number of nitrogens with one attached hydrogen (secondary N) is 1. The van der Waals surface area contributed by atoms with Crippen LogP contribution in [0.2, 0.25) is 0 Å². The van der Waals surface area contributed by atoms with Crippen molar-refractivity contribution in [3.63, 3.8) is 0 Å². The van der Waals surface area contributed by atoms with E-state index < -0.39 is 9.84 Å². The topological polar surface area (TPSA) is 107 Å². The summed E-state index contributed by atoms with van der Waals surface area (Å²) in [4.78, 5) is 12.7. The molecule has 0 aliphatic heterocycles. The molecule has 2 aromatic carbocycles. The van der Waals surface area contributed by atoms with Crippen LogP contribution in [0.25, 0.3) is 11.3 Å². The summed E-state index contributed by atoms with van der Waals surface area (Å²) < 4.78 is 34.2. The van der Waals surface area contributed by atoms with Crippen LogP contribution in [0.5, 0.6) is 11.5 Å². The van der Waals surface area contributed by atoms with E-state index in [-0.39, 0.29) is 10.9 Å². The first-order valence-electron chi connectivity index (χ1n) is 9.67. The molecular formula is C22H23N3O5S. The van der Waals surface area contributed by atoms with E-state index in [1.807, 2.05) is 13.8 Å². The van der Waals surface area contributed by atoms with E-state index in [0.717, 1.165) is 6.26 Å². The van der Waals surface area contributed by atoms with Crippen molar-refractivity contribution >= 4 is 21.4 Å². The Morgan fingerprint density at radius 3 is 2.32 bits per heavy atom. The molecule has 0 saturated carbocycles. The summed E-state index contributed by atoms with van der Waals surface area (Å²) in [6.45, 7) is 4.68. The van der Waals surface area contributed by atoms with E-state index in [1.165, 1.54) is 6.07 Å². The lowest BCUT2D eigenvalue weighted by Gasteiger charge is -2.13. The molecule has 8 nitrogen and oxygen atoms in total. The average Bonchev–Trinajstić information content (AvgIpc) is 2.75. The molecule has 0 aliphatic rings. The minimum atomic E-state index is -3.42. The van der Waals surface area contributed by atoms with Gasteiger partial charge in [-0.2, -0.15) is 0 Å². The van der Waals surface area contributed by atoms with Gasteiger partial charge in [-0.25, -0.2) is 8.42 Å². The molecule has 0 fully saturated rings. The number of carbonyl (C=O) groups is 1. The first-order chi connectivity index (χ1) is 14.8. The van der Waals surface area contributed by atoms with Gasteiger partial charge >= 0.3 is 0 Å². The second-order valence-corrected chi connectivity index (χ2v) is 8.55. The number of hydrogen-bond acceptors (Lipinski definition) is 7. The number of rotatable bonds is 8. The van der Waals surface area contributed by atoms with Crippen LogP contribution in [0.3, 0.4) is 0 Å². The summed E-state index contributed by atoms with van der Waals surface area (Å²) in [5, 5.41) is 10.5. The van der Waals surface area contributed by atoms with Gasteiger partial charge in [0.25, 0.3) is 5.91 Å². The van der Waals surface area contributed by atoms with Gasteiger partial charge in [0, 0.05) is 23.1 Å². The number of hydrogen-bond donors (Lipinski definition) is 1. The molecule has 0 saturated heterocycles. The lowest BCUT2D eigenvalue weighted by atomic mass is 10.1. The highest BCUT2D eigenvalue weighted by Crippen LogP contribution is 2.29. The maximum atomic E-state index is 12.7. The second kappa shape index (κ2) is 9.57. The number of aromatic nitrogens is 2. The van der Waals surface area contributed by atoms with Crippen LogP contribution in [-0.2, 0) is 9.84 Å². The molecule has 0 bridgehead atoms. The number of anilines is 1. The number of nitrogens with zero attached hydrogens (tertiary/aromatic N) is 2. The van der Waals surface area contributed by atoms with Gasteiger partial charge in [-0.3, -0.25) is 4.79 Å². The molecule has 0 unspecified atom stereocenters. The summed E-state index contributed by atoms with van der Waals surface area (Å²) >= 11 is 0. The number of benzene rings is 2. The zero-order chi connectivity index (χ0) is 22.4. The van der Waals surface area contributed by atoms with Gasteiger partial charge in [0.2, 0.25) is 0 Å². The summed E-state index contributed by atoms with van der Waals surface area (Å²) in [7, 11) is -3.42. The largest absolute Gasteiger partial charge is 0.490 e. The fourth-order valence-corrected chi connectivity index (χ4v) is 3.33. The average molecular weight is 442 g/mol. The number of sulfone groups is 1. The molecule has 0 spiro atoms. The Bertz CT molecular complexity index is 1180. The van der Waals surface area contributed by atoms with Gasteiger partial charge in [-0.05, 0) is 56.3 Å². The lowest BCUT2D eigenvalue weighted by molar-refractivity contribution is 0.102. The smallest absolute Gasteiger partial charge is 0.255 e. The van der Waals surface area contributed by atoms with E-state index in [9.17, 15) is 13.2 Å². The Morgan fingerprint density at radius 2 is 1.68 bits per heavy atom. The predicted molar refractivity (Wildman–Crippen MR) is 117 cm³/mol. The van der Waals surface area contributed by atoms with Crippen molar-refractivity contribution in [1.29, 1.82) is 0 Å². The number of amides is 1. The Balaban J connectivity index is 1.81. The van der Waals surface area contributed by atoms with Crippen LogP contribution >= 0.6 is 0 Å². The van der Waals surface area contributed by atoms with Crippen molar-refractivity contribution in [2.45, 2.75) is 18.9 Å². The first-order valence-corrected chi connectivity index (χ1v) is 11.6. The maximum absolute atomic E-state index is 12.7. The van der Waals surface area contributed by atoms with Crippen LogP contribution in [0.15, 0.2) is 59.6 Å². The highest BCUT2D eigenvalue weighted by molar-refractivity contribution is 7.90. The summed E-state index contributed by atoms with van der Waals surface area (Å²) in [5.74, 6) is 0.783. The van der Waals surface area contributed by atoms with E-state index in [1.54, 1.807) is 48.5 Å². The molecule has 31 heavy (non-hydrogen) atoms.